The minimum absolute atomic E-state index is 0.0195. The number of carbonyl (C=O) groups excluding carboxylic acids is 3. The van der Waals surface area contributed by atoms with Crippen LogP contribution in [0.2, 0.25) is 0 Å². The maximum absolute atomic E-state index is 13.2. The van der Waals surface area contributed by atoms with Crippen molar-refractivity contribution >= 4 is 23.4 Å². The van der Waals surface area contributed by atoms with Gasteiger partial charge in [0.25, 0.3) is 5.91 Å². The van der Waals surface area contributed by atoms with Gasteiger partial charge in [0.05, 0.1) is 5.54 Å². The molecule has 1 spiro atoms. The predicted octanol–water partition coefficient (Wildman–Crippen LogP) is 3.36. The van der Waals surface area contributed by atoms with Crippen LogP contribution in [0.25, 0.3) is 0 Å². The molecule has 9 heteroatoms. The number of nitrogens with zero attached hydrogens (tertiary/aromatic N) is 2. The molecule has 1 aliphatic heterocycles. The molecule has 2 fully saturated rings. The molecule has 1 N–H and O–H groups in total. The van der Waals surface area contributed by atoms with Gasteiger partial charge < -0.3 is 15.1 Å². The van der Waals surface area contributed by atoms with Gasteiger partial charge in [-0.3, -0.25) is 14.4 Å². The molecule has 2 aliphatic rings. The van der Waals surface area contributed by atoms with Crippen LogP contribution < -0.4 is 5.32 Å². The van der Waals surface area contributed by atoms with Gasteiger partial charge in [0, 0.05) is 30.9 Å². The normalized spacial score (nSPS) is 18.8. The lowest BCUT2D eigenvalue weighted by atomic mass is 9.78. The second-order valence-electron chi connectivity index (χ2n) is 7.74. The van der Waals surface area contributed by atoms with Gasteiger partial charge in [-0.2, -0.15) is 13.2 Å². The lowest BCUT2D eigenvalue weighted by Gasteiger charge is -2.52. The van der Waals surface area contributed by atoms with Gasteiger partial charge in [0.1, 0.15) is 0 Å². The summed E-state index contributed by atoms with van der Waals surface area (Å²) in [4.78, 5) is 39.1. The molecule has 0 radical (unpaired) electrons. The van der Waals surface area contributed by atoms with Crippen LogP contribution in [0.3, 0.4) is 0 Å². The first-order chi connectivity index (χ1) is 14.2. The van der Waals surface area contributed by atoms with E-state index in [2.05, 4.69) is 11.9 Å². The molecule has 30 heavy (non-hydrogen) atoms. The third-order valence-electron chi connectivity index (χ3n) is 5.77. The lowest BCUT2D eigenvalue weighted by molar-refractivity contribution is -0.196. The van der Waals surface area contributed by atoms with Crippen molar-refractivity contribution in [3.63, 3.8) is 0 Å². The maximum Gasteiger partial charge on any atom is 0.471 e. The quantitative estimate of drug-likeness (QED) is 0.758. The van der Waals surface area contributed by atoms with Crippen molar-refractivity contribution < 1.29 is 27.6 Å². The van der Waals surface area contributed by atoms with Crippen LogP contribution >= 0.6 is 0 Å². The zero-order chi connectivity index (χ0) is 21.9. The average Bonchev–Trinajstić information content (AvgIpc) is 2.72. The van der Waals surface area contributed by atoms with E-state index in [1.807, 2.05) is 0 Å². The zero-order valence-corrected chi connectivity index (χ0v) is 16.5. The van der Waals surface area contributed by atoms with Gasteiger partial charge >= 0.3 is 12.1 Å². The molecule has 0 atom stereocenters. The lowest BCUT2D eigenvalue weighted by Crippen LogP contribution is -2.67. The van der Waals surface area contributed by atoms with E-state index in [1.54, 1.807) is 18.2 Å². The Bertz CT molecular complexity index is 847. The average molecular weight is 423 g/mol. The largest absolute Gasteiger partial charge is 0.471 e. The summed E-state index contributed by atoms with van der Waals surface area (Å²) >= 11 is 0. The molecule has 0 aromatic heterocycles. The monoisotopic (exact) mass is 423 g/mol. The number of piperazine rings is 1. The third-order valence-corrected chi connectivity index (χ3v) is 5.77. The molecular weight excluding hydrogens is 399 g/mol. The van der Waals surface area contributed by atoms with Crippen LogP contribution in [0, 0.1) is 0 Å². The molecule has 6 nitrogen and oxygen atoms in total. The Morgan fingerprint density at radius 3 is 2.43 bits per heavy atom. The molecule has 162 valence electrons. The number of carbonyl (C=O) groups is 3. The minimum Gasteiger partial charge on any atom is -0.335 e. The smallest absolute Gasteiger partial charge is 0.335 e. The predicted molar refractivity (Wildman–Crippen MR) is 105 cm³/mol. The number of rotatable bonds is 3. The fraction of sp³-hybridized carbons (Fsp3) is 0.476. The van der Waals surface area contributed by atoms with Crippen molar-refractivity contribution in [2.75, 3.05) is 25.0 Å². The van der Waals surface area contributed by atoms with E-state index in [1.165, 1.54) is 11.0 Å². The van der Waals surface area contributed by atoms with Crippen LogP contribution in [-0.2, 0) is 9.59 Å². The summed E-state index contributed by atoms with van der Waals surface area (Å²) in [6.45, 7) is 3.31. The second-order valence-corrected chi connectivity index (χ2v) is 7.74. The summed E-state index contributed by atoms with van der Waals surface area (Å²) < 4.78 is 39.5. The first-order valence-corrected chi connectivity index (χ1v) is 9.88. The fourth-order valence-electron chi connectivity index (χ4n) is 4.36. The number of nitrogens with one attached hydrogen (secondary N) is 1. The number of halogens is 3. The molecule has 1 aliphatic carbocycles. The van der Waals surface area contributed by atoms with Gasteiger partial charge in [-0.15, -0.1) is 0 Å². The van der Waals surface area contributed by atoms with Crippen LogP contribution in [0.4, 0.5) is 18.9 Å². The van der Waals surface area contributed by atoms with Gasteiger partial charge in [0.2, 0.25) is 5.91 Å². The maximum atomic E-state index is 13.2. The molecule has 0 bridgehead atoms. The number of hydrogen-bond acceptors (Lipinski definition) is 3. The number of benzene rings is 1. The number of alkyl halides is 3. The van der Waals surface area contributed by atoms with Gasteiger partial charge in [-0.25, -0.2) is 0 Å². The highest BCUT2D eigenvalue weighted by Crippen LogP contribution is 2.39. The van der Waals surface area contributed by atoms with Crippen molar-refractivity contribution in [3.8, 4) is 0 Å². The first-order valence-electron chi connectivity index (χ1n) is 9.88. The summed E-state index contributed by atoms with van der Waals surface area (Å²) in [6, 6.07) is 6.35. The zero-order valence-electron chi connectivity index (χ0n) is 16.5. The Morgan fingerprint density at radius 1 is 1.10 bits per heavy atom. The molecule has 1 saturated heterocycles. The number of hydrogen-bond donors (Lipinski definition) is 1. The minimum atomic E-state index is -4.94. The fourth-order valence-corrected chi connectivity index (χ4v) is 4.36. The molecule has 1 aromatic carbocycles. The summed E-state index contributed by atoms with van der Waals surface area (Å²) in [6.07, 6.45) is -0.622. The van der Waals surface area contributed by atoms with Crippen molar-refractivity contribution in [2.45, 2.75) is 43.8 Å². The molecule has 3 amide bonds. The summed E-state index contributed by atoms with van der Waals surface area (Å²) in [7, 11) is 0. The van der Waals surface area contributed by atoms with Crippen molar-refractivity contribution in [2.24, 2.45) is 0 Å². The van der Waals surface area contributed by atoms with E-state index < -0.39 is 23.5 Å². The Morgan fingerprint density at radius 2 is 1.80 bits per heavy atom. The second kappa shape index (κ2) is 8.49. The Balaban J connectivity index is 1.82. The highest BCUT2D eigenvalue weighted by Gasteiger charge is 2.52. The summed E-state index contributed by atoms with van der Waals surface area (Å²) in [5, 5.41) is 2.58. The first kappa shape index (κ1) is 21.9. The van der Waals surface area contributed by atoms with E-state index in [0.717, 1.165) is 17.4 Å². The molecular formula is C21H24F3N3O3. The van der Waals surface area contributed by atoms with E-state index in [0.29, 0.717) is 36.9 Å². The van der Waals surface area contributed by atoms with Crippen LogP contribution in [0.15, 0.2) is 36.9 Å². The summed E-state index contributed by atoms with van der Waals surface area (Å²) in [5.74, 6) is -2.58. The molecule has 0 unspecified atom stereocenters. The van der Waals surface area contributed by atoms with Crippen LogP contribution in [-0.4, -0.2) is 58.9 Å². The molecule has 1 saturated carbocycles. The van der Waals surface area contributed by atoms with Crippen molar-refractivity contribution in [1.29, 1.82) is 0 Å². The molecule has 3 rings (SSSR count). The van der Waals surface area contributed by atoms with Gasteiger partial charge in [0.15, 0.2) is 0 Å². The molecule has 1 aromatic rings. The Kier molecular flexibility index (Phi) is 6.19. The van der Waals surface area contributed by atoms with E-state index >= 15 is 0 Å². The topological polar surface area (TPSA) is 69.7 Å². The van der Waals surface area contributed by atoms with Crippen molar-refractivity contribution in [3.05, 3.63) is 42.5 Å². The highest BCUT2D eigenvalue weighted by atomic mass is 19.4. The van der Waals surface area contributed by atoms with Gasteiger partial charge in [-0.1, -0.05) is 31.9 Å². The van der Waals surface area contributed by atoms with E-state index in [9.17, 15) is 27.6 Å². The van der Waals surface area contributed by atoms with E-state index in [-0.39, 0.29) is 25.5 Å². The Hall–Kier alpha value is -2.84. The van der Waals surface area contributed by atoms with Crippen molar-refractivity contribution in [1.82, 2.24) is 9.80 Å². The highest BCUT2D eigenvalue weighted by molar-refractivity contribution is 6.01. The standard InChI is InChI=1S/C21H24F3N3O3/c1-2-17(28)25-16-8-6-7-15(13-16)18(29)26-11-12-27(19(30)21(22,23)24)20(14-26)9-4-3-5-10-20/h2,6-8,13H,1,3-5,9-12,14H2,(H,25,28). The SMILES string of the molecule is C=CC(=O)Nc1cccc(C(=O)N2CCN(C(=O)C(F)(F)F)C3(CCCCC3)C2)c1. The summed E-state index contributed by atoms with van der Waals surface area (Å²) in [5.41, 5.74) is -0.254. The van der Waals surface area contributed by atoms with Crippen LogP contribution in [0.1, 0.15) is 42.5 Å². The number of anilines is 1. The third kappa shape index (κ3) is 4.49. The van der Waals surface area contributed by atoms with Crippen LogP contribution in [0.5, 0.6) is 0 Å². The van der Waals surface area contributed by atoms with Gasteiger partial charge in [-0.05, 0) is 37.1 Å². The Labute approximate surface area is 172 Å². The van der Waals surface area contributed by atoms with E-state index in [4.69, 9.17) is 0 Å². The number of amides is 3. The molecule has 1 heterocycles.